The number of hydrogen-bond donors (Lipinski definition) is 1. The van der Waals surface area contributed by atoms with E-state index in [9.17, 15) is 18.0 Å². The molecule has 0 saturated carbocycles. The van der Waals surface area contributed by atoms with E-state index in [4.69, 9.17) is 4.74 Å². The number of carbonyl (C=O) groups excluding carboxylic acids is 1. The number of aromatic nitrogens is 3. The van der Waals surface area contributed by atoms with Crippen molar-refractivity contribution in [3.8, 4) is 0 Å². The van der Waals surface area contributed by atoms with E-state index in [1.807, 2.05) is 25.3 Å². The molecule has 34 heavy (non-hydrogen) atoms. The van der Waals surface area contributed by atoms with Crippen molar-refractivity contribution in [3.05, 3.63) is 70.9 Å². The number of imidazole rings is 1. The monoisotopic (exact) mass is 471 g/mol. The largest absolute Gasteiger partial charge is 0.417 e. The average molecular weight is 471 g/mol. The van der Waals surface area contributed by atoms with E-state index in [0.717, 1.165) is 61.1 Å². The quantitative estimate of drug-likeness (QED) is 0.612. The Hall–Kier alpha value is -3.40. The lowest BCUT2D eigenvalue weighted by molar-refractivity contribution is -0.137. The Bertz CT molecular complexity index is 1220. The van der Waals surface area contributed by atoms with Gasteiger partial charge in [0.1, 0.15) is 18.2 Å². The molecule has 2 aromatic heterocycles. The molecule has 0 bridgehead atoms. The molecule has 0 aliphatic carbocycles. The summed E-state index contributed by atoms with van der Waals surface area (Å²) in [5.74, 6) is 1.78. The molecule has 2 aliphatic rings. The standard InChI is InChI=1S/C24H24F3N5O2/c1-15-2-3-16(23(33)30-19-9-18(10-28-11-19)24(25,26)27)8-20(15)17-4-5-31(13-17)22-12-29-21-14-34-7-6-32(21)22/h2-3,8-12,17H,4-7,13-14H2,1H3,(H,30,33). The van der Waals surface area contributed by atoms with E-state index < -0.39 is 17.6 Å². The van der Waals surface area contributed by atoms with Crippen LogP contribution in [-0.4, -0.2) is 40.1 Å². The predicted molar refractivity (Wildman–Crippen MR) is 120 cm³/mol. The van der Waals surface area contributed by atoms with Crippen LogP contribution in [0.3, 0.4) is 0 Å². The third-order valence-electron chi connectivity index (χ3n) is 6.42. The maximum atomic E-state index is 13.0. The van der Waals surface area contributed by atoms with Crippen molar-refractivity contribution in [1.29, 1.82) is 0 Å². The van der Waals surface area contributed by atoms with Gasteiger partial charge < -0.3 is 19.5 Å². The molecule has 2 aliphatic heterocycles. The third kappa shape index (κ3) is 4.37. The fraction of sp³-hybridized carbons (Fsp3) is 0.375. The average Bonchev–Trinajstić information content (AvgIpc) is 3.46. The number of amides is 1. The van der Waals surface area contributed by atoms with Crippen LogP contribution >= 0.6 is 0 Å². The Morgan fingerprint density at radius 2 is 2.03 bits per heavy atom. The molecule has 1 saturated heterocycles. The van der Waals surface area contributed by atoms with E-state index >= 15 is 0 Å². The zero-order valence-corrected chi connectivity index (χ0v) is 18.6. The smallest absolute Gasteiger partial charge is 0.372 e. The molecule has 10 heteroatoms. The Balaban J connectivity index is 1.32. The second-order valence-electron chi connectivity index (χ2n) is 8.65. The van der Waals surface area contributed by atoms with Crippen molar-refractivity contribution in [2.45, 2.75) is 38.6 Å². The number of carbonyl (C=O) groups is 1. The number of anilines is 2. The first-order valence-electron chi connectivity index (χ1n) is 11.1. The zero-order valence-electron chi connectivity index (χ0n) is 18.6. The number of pyridine rings is 1. The minimum atomic E-state index is -4.53. The van der Waals surface area contributed by atoms with Gasteiger partial charge in [0.2, 0.25) is 0 Å². The van der Waals surface area contributed by atoms with Gasteiger partial charge in [-0.15, -0.1) is 0 Å². The number of nitrogens with zero attached hydrogens (tertiary/aromatic N) is 4. The highest BCUT2D eigenvalue weighted by Crippen LogP contribution is 2.34. The minimum absolute atomic E-state index is 0.00322. The molecular formula is C24H24F3N5O2. The number of halogens is 3. The van der Waals surface area contributed by atoms with Crippen molar-refractivity contribution in [2.75, 3.05) is 29.9 Å². The molecule has 1 aromatic carbocycles. The van der Waals surface area contributed by atoms with E-state index in [0.29, 0.717) is 18.8 Å². The van der Waals surface area contributed by atoms with Crippen molar-refractivity contribution >= 4 is 17.4 Å². The predicted octanol–water partition coefficient (Wildman–Crippen LogP) is 4.38. The van der Waals surface area contributed by atoms with Gasteiger partial charge in [-0.1, -0.05) is 6.07 Å². The maximum Gasteiger partial charge on any atom is 0.417 e. The zero-order chi connectivity index (χ0) is 23.9. The summed E-state index contributed by atoms with van der Waals surface area (Å²) in [4.78, 5) is 23.2. The van der Waals surface area contributed by atoms with Gasteiger partial charge in [-0.3, -0.25) is 9.78 Å². The van der Waals surface area contributed by atoms with E-state index in [1.54, 1.807) is 6.07 Å². The first kappa shape index (κ1) is 22.4. The molecule has 178 valence electrons. The Labute approximate surface area is 194 Å². The number of benzene rings is 1. The second kappa shape index (κ2) is 8.75. The molecule has 1 amide bonds. The molecular weight excluding hydrogens is 447 g/mol. The van der Waals surface area contributed by atoms with E-state index in [-0.39, 0.29) is 11.6 Å². The maximum absolute atomic E-state index is 13.0. The summed E-state index contributed by atoms with van der Waals surface area (Å²) in [7, 11) is 0. The highest BCUT2D eigenvalue weighted by atomic mass is 19.4. The molecule has 4 heterocycles. The summed E-state index contributed by atoms with van der Waals surface area (Å²) in [6.45, 7) is 5.66. The van der Waals surface area contributed by atoms with Crippen LogP contribution in [0.15, 0.2) is 42.9 Å². The van der Waals surface area contributed by atoms with Crippen LogP contribution in [0, 0.1) is 6.92 Å². The van der Waals surface area contributed by atoms with Gasteiger partial charge in [0.15, 0.2) is 0 Å². The number of rotatable bonds is 4. The van der Waals surface area contributed by atoms with Gasteiger partial charge in [0.25, 0.3) is 5.91 Å². The lowest BCUT2D eigenvalue weighted by atomic mass is 9.92. The van der Waals surface area contributed by atoms with Crippen LogP contribution < -0.4 is 10.2 Å². The van der Waals surface area contributed by atoms with E-state index in [2.05, 4.69) is 24.8 Å². The van der Waals surface area contributed by atoms with Gasteiger partial charge in [-0.2, -0.15) is 13.2 Å². The number of alkyl halides is 3. The topological polar surface area (TPSA) is 72.3 Å². The second-order valence-corrected chi connectivity index (χ2v) is 8.65. The SMILES string of the molecule is Cc1ccc(C(=O)Nc2cncc(C(F)(F)F)c2)cc1C1CCN(c2cnc3n2CCOC3)C1. The van der Waals surface area contributed by atoms with Gasteiger partial charge >= 0.3 is 6.18 Å². The third-order valence-corrected chi connectivity index (χ3v) is 6.42. The van der Waals surface area contributed by atoms with Gasteiger partial charge in [0, 0.05) is 37.3 Å². The lowest BCUT2D eigenvalue weighted by Gasteiger charge is -2.23. The van der Waals surface area contributed by atoms with Crippen molar-refractivity contribution in [3.63, 3.8) is 0 Å². The molecule has 1 atom stereocenters. The minimum Gasteiger partial charge on any atom is -0.372 e. The number of fused-ring (bicyclic) bond motifs is 1. The van der Waals surface area contributed by atoms with Gasteiger partial charge in [-0.25, -0.2) is 4.98 Å². The first-order chi connectivity index (χ1) is 16.3. The summed E-state index contributed by atoms with van der Waals surface area (Å²) in [5.41, 5.74) is 1.64. The molecule has 1 fully saturated rings. The molecule has 1 unspecified atom stereocenters. The fourth-order valence-electron chi connectivity index (χ4n) is 4.64. The van der Waals surface area contributed by atoms with Crippen LogP contribution in [-0.2, 0) is 24.1 Å². The first-order valence-corrected chi connectivity index (χ1v) is 11.1. The number of hydrogen-bond acceptors (Lipinski definition) is 5. The summed E-state index contributed by atoms with van der Waals surface area (Å²) in [6.07, 6.45) is 0.234. The van der Waals surface area contributed by atoms with Crippen LogP contribution in [0.5, 0.6) is 0 Å². The highest BCUT2D eigenvalue weighted by Gasteiger charge is 2.31. The number of aryl methyl sites for hydroxylation is 1. The summed E-state index contributed by atoms with van der Waals surface area (Å²) >= 11 is 0. The molecule has 0 spiro atoms. The van der Waals surface area contributed by atoms with Crippen LogP contribution in [0.1, 0.15) is 45.2 Å². The van der Waals surface area contributed by atoms with Crippen LogP contribution in [0.4, 0.5) is 24.7 Å². The normalized spacial score (nSPS) is 18.1. The van der Waals surface area contributed by atoms with Crippen molar-refractivity contribution in [1.82, 2.24) is 14.5 Å². The fourth-order valence-corrected chi connectivity index (χ4v) is 4.64. The molecule has 1 N–H and O–H groups in total. The Kier molecular flexibility index (Phi) is 5.76. The van der Waals surface area contributed by atoms with Gasteiger partial charge in [0.05, 0.1) is 30.3 Å². The van der Waals surface area contributed by atoms with Crippen molar-refractivity contribution in [2.24, 2.45) is 0 Å². The highest BCUT2D eigenvalue weighted by molar-refractivity contribution is 6.04. The molecule has 7 nitrogen and oxygen atoms in total. The molecule has 5 rings (SSSR count). The number of ether oxygens (including phenoxy) is 1. The lowest BCUT2D eigenvalue weighted by Crippen LogP contribution is -2.26. The van der Waals surface area contributed by atoms with Crippen LogP contribution in [0.2, 0.25) is 0 Å². The molecule has 0 radical (unpaired) electrons. The van der Waals surface area contributed by atoms with Crippen LogP contribution in [0.25, 0.3) is 0 Å². The summed E-state index contributed by atoms with van der Waals surface area (Å²) in [5, 5.41) is 2.54. The summed E-state index contributed by atoms with van der Waals surface area (Å²) in [6, 6.07) is 6.30. The summed E-state index contributed by atoms with van der Waals surface area (Å²) < 4.78 is 46.6. The Morgan fingerprint density at radius 1 is 1.18 bits per heavy atom. The Morgan fingerprint density at radius 3 is 2.85 bits per heavy atom. The number of nitrogens with one attached hydrogen (secondary N) is 1. The van der Waals surface area contributed by atoms with Gasteiger partial charge in [-0.05, 0) is 42.7 Å². The van der Waals surface area contributed by atoms with E-state index in [1.165, 1.54) is 6.20 Å². The van der Waals surface area contributed by atoms with Crippen molar-refractivity contribution < 1.29 is 22.7 Å². The molecule has 3 aromatic rings.